The Morgan fingerprint density at radius 3 is 2.44 bits per heavy atom. The predicted molar refractivity (Wildman–Crippen MR) is 88.7 cm³/mol. The Balaban J connectivity index is 2.00. The van der Waals surface area contributed by atoms with Crippen LogP contribution >= 0.6 is 0 Å². The Labute approximate surface area is 142 Å². The van der Waals surface area contributed by atoms with Crippen molar-refractivity contribution in [3.63, 3.8) is 0 Å². The van der Waals surface area contributed by atoms with Gasteiger partial charge in [-0.05, 0) is 36.4 Å². The molecule has 0 aliphatic carbocycles. The number of nitrogens with zero attached hydrogens (tertiary/aromatic N) is 1. The van der Waals surface area contributed by atoms with Crippen molar-refractivity contribution in [3.05, 3.63) is 58.1 Å². The van der Waals surface area contributed by atoms with E-state index >= 15 is 0 Å². The summed E-state index contributed by atoms with van der Waals surface area (Å²) in [6, 6.07) is 9.99. The van der Waals surface area contributed by atoms with Crippen LogP contribution in [-0.2, 0) is 4.79 Å². The van der Waals surface area contributed by atoms with E-state index in [1.165, 1.54) is 49.6 Å². The Hall–Kier alpha value is -3.62. The highest BCUT2D eigenvalue weighted by molar-refractivity contribution is 5.95. The number of ether oxygens (including phenoxy) is 2. The fourth-order valence-corrected chi connectivity index (χ4v) is 1.95. The Kier molecular flexibility index (Phi) is 5.51. The average Bonchev–Trinajstić information content (AvgIpc) is 2.60. The molecule has 0 spiro atoms. The summed E-state index contributed by atoms with van der Waals surface area (Å²) in [5.41, 5.74) is 5.56. The largest absolute Gasteiger partial charge is 0.496 e. The summed E-state index contributed by atoms with van der Waals surface area (Å²) in [4.78, 5) is 33.3. The number of carbonyl (C=O) groups is 2. The van der Waals surface area contributed by atoms with Crippen molar-refractivity contribution >= 4 is 23.2 Å². The first-order valence-corrected chi connectivity index (χ1v) is 7.05. The van der Waals surface area contributed by atoms with E-state index in [9.17, 15) is 19.7 Å². The van der Waals surface area contributed by atoms with Gasteiger partial charge in [0.2, 0.25) is 5.91 Å². The lowest BCUT2D eigenvalue weighted by atomic mass is 10.2. The number of nitrogens with one attached hydrogen (secondary N) is 1. The summed E-state index contributed by atoms with van der Waals surface area (Å²) in [5, 5.41) is 13.6. The molecule has 0 saturated carbocycles. The Morgan fingerprint density at radius 2 is 1.88 bits per heavy atom. The number of benzene rings is 2. The van der Waals surface area contributed by atoms with Gasteiger partial charge in [-0.25, -0.2) is 0 Å². The Bertz CT molecular complexity index is 804. The molecule has 0 bridgehead atoms. The number of hydrogen-bond donors (Lipinski definition) is 2. The highest BCUT2D eigenvalue weighted by Gasteiger charge is 2.17. The quantitative estimate of drug-likeness (QED) is 0.579. The van der Waals surface area contributed by atoms with Crippen LogP contribution in [0.25, 0.3) is 0 Å². The van der Waals surface area contributed by atoms with E-state index in [-0.39, 0.29) is 11.4 Å². The van der Waals surface area contributed by atoms with Crippen LogP contribution in [0.5, 0.6) is 11.5 Å². The normalized spacial score (nSPS) is 9.96. The van der Waals surface area contributed by atoms with Crippen molar-refractivity contribution in [2.45, 2.75) is 0 Å². The smallest absolute Gasteiger partial charge is 0.314 e. The zero-order valence-electron chi connectivity index (χ0n) is 13.2. The van der Waals surface area contributed by atoms with Crippen LogP contribution in [-0.4, -0.2) is 30.5 Å². The first-order valence-electron chi connectivity index (χ1n) is 7.05. The second kappa shape index (κ2) is 7.77. The number of methoxy groups -OCH3 is 1. The summed E-state index contributed by atoms with van der Waals surface area (Å²) in [6.07, 6.45) is 0. The molecule has 0 heterocycles. The maximum Gasteiger partial charge on any atom is 0.314 e. The minimum absolute atomic E-state index is 0.0509. The molecule has 0 atom stereocenters. The molecule has 2 rings (SSSR count). The van der Waals surface area contributed by atoms with E-state index in [1.54, 1.807) is 0 Å². The minimum Gasteiger partial charge on any atom is -0.496 e. The first kappa shape index (κ1) is 17.7. The summed E-state index contributed by atoms with van der Waals surface area (Å²) in [6.45, 7) is -0.426. The van der Waals surface area contributed by atoms with Crippen molar-refractivity contribution in [3.8, 4) is 11.5 Å². The zero-order chi connectivity index (χ0) is 18.4. The SMILES string of the molecule is COc1ccc(OCC(=O)Nc2ccc(C(N)=O)cc2)c([N+](=O)[O-])c1. The van der Waals surface area contributed by atoms with Crippen molar-refractivity contribution in [1.82, 2.24) is 0 Å². The van der Waals surface area contributed by atoms with Gasteiger partial charge in [-0.2, -0.15) is 0 Å². The molecule has 0 radical (unpaired) electrons. The van der Waals surface area contributed by atoms with Gasteiger partial charge in [0.15, 0.2) is 12.4 Å². The lowest BCUT2D eigenvalue weighted by Crippen LogP contribution is -2.20. The molecule has 9 heteroatoms. The van der Waals surface area contributed by atoms with Crippen LogP contribution in [0.3, 0.4) is 0 Å². The highest BCUT2D eigenvalue weighted by atomic mass is 16.6. The molecule has 9 nitrogen and oxygen atoms in total. The van der Waals surface area contributed by atoms with E-state index in [0.29, 0.717) is 17.0 Å². The number of primary amides is 1. The van der Waals surface area contributed by atoms with Crippen LogP contribution in [0, 0.1) is 10.1 Å². The van der Waals surface area contributed by atoms with Gasteiger partial charge in [0.25, 0.3) is 5.91 Å². The molecule has 0 aromatic heterocycles. The first-order chi connectivity index (χ1) is 11.9. The molecule has 0 unspecified atom stereocenters. The third kappa shape index (κ3) is 4.67. The fourth-order valence-electron chi connectivity index (χ4n) is 1.95. The summed E-state index contributed by atoms with van der Waals surface area (Å²) in [7, 11) is 1.39. The molecule has 2 amide bonds. The van der Waals surface area contributed by atoms with Gasteiger partial charge in [-0.1, -0.05) is 0 Å². The number of anilines is 1. The van der Waals surface area contributed by atoms with Gasteiger partial charge in [-0.3, -0.25) is 19.7 Å². The molecule has 3 N–H and O–H groups in total. The third-order valence-corrected chi connectivity index (χ3v) is 3.17. The van der Waals surface area contributed by atoms with Crippen LogP contribution < -0.4 is 20.5 Å². The van der Waals surface area contributed by atoms with E-state index in [2.05, 4.69) is 5.32 Å². The van der Waals surface area contributed by atoms with Gasteiger partial charge in [0.1, 0.15) is 5.75 Å². The van der Waals surface area contributed by atoms with Crippen LogP contribution in [0.4, 0.5) is 11.4 Å². The fraction of sp³-hybridized carbons (Fsp3) is 0.125. The monoisotopic (exact) mass is 345 g/mol. The van der Waals surface area contributed by atoms with Crippen molar-refractivity contribution in [2.75, 3.05) is 19.0 Å². The van der Waals surface area contributed by atoms with Gasteiger partial charge in [-0.15, -0.1) is 0 Å². The number of nitro benzene ring substituents is 1. The average molecular weight is 345 g/mol. The van der Waals surface area contributed by atoms with Gasteiger partial charge >= 0.3 is 5.69 Å². The standard InChI is InChI=1S/C16H15N3O6/c1-24-12-6-7-14(13(8-12)19(22)23)25-9-15(20)18-11-4-2-10(3-5-11)16(17)21/h2-8H,9H2,1H3,(H2,17,21)(H,18,20). The molecule has 0 aliphatic rings. The maximum atomic E-state index is 11.9. The summed E-state index contributed by atoms with van der Waals surface area (Å²) in [5.74, 6) is -0.840. The van der Waals surface area contributed by atoms with E-state index in [1.807, 2.05) is 0 Å². The van der Waals surface area contributed by atoms with Gasteiger partial charge in [0, 0.05) is 11.3 Å². The molecule has 25 heavy (non-hydrogen) atoms. The maximum absolute atomic E-state index is 11.9. The predicted octanol–water partition coefficient (Wildman–Crippen LogP) is 1.72. The van der Waals surface area contributed by atoms with Crippen LogP contribution in [0.2, 0.25) is 0 Å². The number of amides is 2. The Morgan fingerprint density at radius 1 is 1.20 bits per heavy atom. The molecular weight excluding hydrogens is 330 g/mol. The van der Waals surface area contributed by atoms with Crippen LogP contribution in [0.15, 0.2) is 42.5 Å². The van der Waals surface area contributed by atoms with Gasteiger partial charge < -0.3 is 20.5 Å². The van der Waals surface area contributed by atoms with E-state index in [4.69, 9.17) is 15.2 Å². The number of nitro groups is 1. The molecular formula is C16H15N3O6. The van der Waals surface area contributed by atoms with Crippen molar-refractivity contribution in [1.29, 1.82) is 0 Å². The lowest BCUT2D eigenvalue weighted by Gasteiger charge is -2.09. The second-order valence-corrected chi connectivity index (χ2v) is 4.87. The van der Waals surface area contributed by atoms with Gasteiger partial charge in [0.05, 0.1) is 18.1 Å². The number of hydrogen-bond acceptors (Lipinski definition) is 6. The van der Waals surface area contributed by atoms with Crippen molar-refractivity contribution < 1.29 is 24.0 Å². The molecule has 130 valence electrons. The van der Waals surface area contributed by atoms with Crippen LogP contribution in [0.1, 0.15) is 10.4 Å². The summed E-state index contributed by atoms with van der Waals surface area (Å²) >= 11 is 0. The van der Waals surface area contributed by atoms with Crippen molar-refractivity contribution in [2.24, 2.45) is 5.73 Å². The molecule has 0 fully saturated rings. The number of nitrogens with two attached hydrogens (primary N) is 1. The number of rotatable bonds is 7. The molecule has 0 aliphatic heterocycles. The molecule has 0 saturated heterocycles. The minimum atomic E-state index is -0.627. The molecule has 2 aromatic rings. The molecule has 2 aromatic carbocycles. The number of carbonyl (C=O) groups excluding carboxylic acids is 2. The van der Waals surface area contributed by atoms with E-state index in [0.717, 1.165) is 0 Å². The van der Waals surface area contributed by atoms with E-state index < -0.39 is 23.3 Å². The summed E-state index contributed by atoms with van der Waals surface area (Å²) < 4.78 is 10.1. The highest BCUT2D eigenvalue weighted by Crippen LogP contribution is 2.30. The zero-order valence-corrected chi connectivity index (χ0v) is 13.2. The lowest BCUT2D eigenvalue weighted by molar-refractivity contribution is -0.385. The second-order valence-electron chi connectivity index (χ2n) is 4.87. The third-order valence-electron chi connectivity index (χ3n) is 3.17. The topological polar surface area (TPSA) is 134 Å².